The van der Waals surface area contributed by atoms with Crippen molar-refractivity contribution in [2.45, 2.75) is 30.3 Å². The summed E-state index contributed by atoms with van der Waals surface area (Å²) in [4.78, 5) is 25.3. The van der Waals surface area contributed by atoms with Gasteiger partial charge in [-0.3, -0.25) is 23.4 Å². The largest absolute Gasteiger partial charge is 0.530 e. The number of halogens is 1. The molecule has 30 heavy (non-hydrogen) atoms. The number of hydrogen-bond acceptors (Lipinski definition) is 9. The predicted octanol–water partition coefficient (Wildman–Crippen LogP) is -1.07. The Labute approximate surface area is 169 Å². The van der Waals surface area contributed by atoms with Gasteiger partial charge in [-0.15, -0.1) is 0 Å². The van der Waals surface area contributed by atoms with E-state index in [-0.39, 0.29) is 12.4 Å². The first-order valence-corrected chi connectivity index (χ1v) is 10.3. The van der Waals surface area contributed by atoms with E-state index in [1.807, 2.05) is 4.98 Å². The summed E-state index contributed by atoms with van der Waals surface area (Å²) < 4.78 is 49.3. The summed E-state index contributed by atoms with van der Waals surface area (Å²) in [5, 5.41) is 20.6. The van der Waals surface area contributed by atoms with Gasteiger partial charge in [0.15, 0.2) is 7.85 Å². The lowest BCUT2D eigenvalue weighted by Crippen LogP contribution is -2.52. The Hall–Kier alpha value is -2.28. The number of phosphoric acid groups is 1. The van der Waals surface area contributed by atoms with E-state index in [2.05, 4.69) is 0 Å². The molecule has 2 aliphatic heterocycles. The number of phosphoric ester groups is 1. The van der Waals surface area contributed by atoms with Crippen LogP contribution in [0.15, 0.2) is 46.1 Å². The van der Waals surface area contributed by atoms with Gasteiger partial charge in [0.05, 0.1) is 6.61 Å². The summed E-state index contributed by atoms with van der Waals surface area (Å²) in [5.41, 5.74) is -3.20. The Morgan fingerprint density at radius 1 is 1.30 bits per heavy atom. The van der Waals surface area contributed by atoms with E-state index in [1.54, 1.807) is 18.2 Å². The summed E-state index contributed by atoms with van der Waals surface area (Å²) in [6, 6.07) is 7.54. The molecular weight excluding hydrogens is 425 g/mol. The van der Waals surface area contributed by atoms with Crippen molar-refractivity contribution in [1.82, 2.24) is 9.55 Å². The Kier molecular flexibility index (Phi) is 5.00. The molecule has 0 aliphatic carbocycles. The average Bonchev–Trinajstić information content (AvgIpc) is 2.87. The van der Waals surface area contributed by atoms with Crippen LogP contribution in [-0.2, 0) is 30.6 Å². The normalized spacial score (nSPS) is 35.6. The van der Waals surface area contributed by atoms with Crippen molar-refractivity contribution >= 4 is 15.7 Å². The van der Waals surface area contributed by atoms with Gasteiger partial charge in [0, 0.05) is 17.8 Å². The van der Waals surface area contributed by atoms with Gasteiger partial charge >= 0.3 is 13.5 Å². The van der Waals surface area contributed by atoms with Crippen LogP contribution in [0.5, 0.6) is 5.75 Å². The number of fused-ring (bicyclic) bond motifs is 1. The molecule has 160 valence electrons. The van der Waals surface area contributed by atoms with Crippen LogP contribution in [0, 0.1) is 0 Å². The van der Waals surface area contributed by atoms with E-state index in [1.165, 1.54) is 6.07 Å². The Morgan fingerprint density at radius 3 is 2.77 bits per heavy atom. The molecule has 5 atom stereocenters. The number of aromatic amines is 1. The molecule has 1 unspecified atom stereocenters. The first-order chi connectivity index (χ1) is 14.1. The van der Waals surface area contributed by atoms with Gasteiger partial charge in [-0.2, -0.15) is 0 Å². The molecule has 1 fully saturated rings. The predicted molar refractivity (Wildman–Crippen MR) is 100 cm³/mol. The van der Waals surface area contributed by atoms with Crippen molar-refractivity contribution in [3.8, 4) is 5.75 Å². The summed E-state index contributed by atoms with van der Waals surface area (Å²) in [6.07, 6.45) is -3.15. The first kappa shape index (κ1) is 21.0. The summed E-state index contributed by atoms with van der Waals surface area (Å²) in [5.74, 6) is -2.84. The van der Waals surface area contributed by atoms with Gasteiger partial charge in [0.2, 0.25) is 0 Å². The van der Waals surface area contributed by atoms with E-state index >= 15 is 4.39 Å². The number of rotatable bonds is 4. The van der Waals surface area contributed by atoms with Gasteiger partial charge in [-0.05, 0) is 6.07 Å². The maximum Gasteiger partial charge on any atom is 0.530 e. The van der Waals surface area contributed by atoms with Gasteiger partial charge in [0.25, 0.3) is 11.4 Å². The Morgan fingerprint density at radius 2 is 2.03 bits per heavy atom. The molecule has 0 spiro atoms. The van der Waals surface area contributed by atoms with Gasteiger partial charge in [-0.1, -0.05) is 18.2 Å². The molecule has 2 aromatic rings. The maximum atomic E-state index is 15.4. The van der Waals surface area contributed by atoms with Gasteiger partial charge in [-0.25, -0.2) is 13.8 Å². The lowest BCUT2D eigenvalue weighted by atomic mass is 9.84. The standard InChI is InChI=1S/C16H17BFN2O9P/c17-16(20-6-5-11(21)19-14(20)24)13(23)12(22)15(18,29-16)8-27-30(25)26-7-9-3-1-2-4-10(9)28-30/h1-6,12-13,22-23H,7-8,17H2,(H,19,21,24)/t12-,13+,15+,16-,30?/m0/s1. The van der Waals surface area contributed by atoms with Crippen LogP contribution in [0.4, 0.5) is 4.39 Å². The Balaban J connectivity index is 1.55. The SMILES string of the molecule is B[C@@]1(n2ccc(=O)[nH]c2=O)O[C@](F)(COP2(=O)OCc3ccccc3O2)[C@@H](O)[C@H]1O. The molecule has 11 nitrogen and oxygen atoms in total. The van der Waals surface area contributed by atoms with E-state index in [4.69, 9.17) is 18.3 Å². The molecule has 0 amide bonds. The summed E-state index contributed by atoms with van der Waals surface area (Å²) in [6.45, 7) is -1.25. The topological polar surface area (TPSA) is 149 Å². The zero-order chi connectivity index (χ0) is 21.7. The molecular formula is C16H17BFN2O9P. The minimum atomic E-state index is -4.25. The number of para-hydroxylation sites is 1. The van der Waals surface area contributed by atoms with Crippen molar-refractivity contribution in [2.75, 3.05) is 6.61 Å². The molecule has 0 radical (unpaired) electrons. The third-order valence-electron chi connectivity index (χ3n) is 4.95. The minimum absolute atomic E-state index is 0.108. The summed E-state index contributed by atoms with van der Waals surface area (Å²) >= 11 is 0. The van der Waals surface area contributed by atoms with Crippen molar-refractivity contribution in [2.24, 2.45) is 0 Å². The molecule has 0 saturated carbocycles. The second-order valence-corrected chi connectivity index (χ2v) is 8.60. The van der Waals surface area contributed by atoms with Crippen molar-refractivity contribution in [1.29, 1.82) is 0 Å². The molecule has 3 N–H and O–H groups in total. The number of aliphatic hydroxyl groups excluding tert-OH is 2. The molecule has 3 heterocycles. The van der Waals surface area contributed by atoms with Crippen LogP contribution in [0.3, 0.4) is 0 Å². The van der Waals surface area contributed by atoms with Crippen molar-refractivity contribution in [3.05, 3.63) is 62.9 Å². The number of nitrogens with zero attached hydrogens (tertiary/aromatic N) is 1. The van der Waals surface area contributed by atoms with E-state index in [0.29, 0.717) is 5.56 Å². The molecule has 14 heteroatoms. The lowest BCUT2D eigenvalue weighted by molar-refractivity contribution is -0.218. The molecule has 1 aromatic heterocycles. The zero-order valence-corrected chi connectivity index (χ0v) is 16.5. The van der Waals surface area contributed by atoms with Crippen molar-refractivity contribution < 1.29 is 37.5 Å². The minimum Gasteiger partial charge on any atom is -0.404 e. The van der Waals surface area contributed by atoms with Gasteiger partial charge < -0.3 is 19.5 Å². The smallest absolute Gasteiger partial charge is 0.404 e. The number of aromatic nitrogens is 2. The second-order valence-electron chi connectivity index (χ2n) is 7.01. The number of ether oxygens (including phenoxy) is 1. The highest BCUT2D eigenvalue weighted by Crippen LogP contribution is 2.55. The van der Waals surface area contributed by atoms with Crippen LogP contribution in [0.2, 0.25) is 0 Å². The third kappa shape index (κ3) is 3.43. The van der Waals surface area contributed by atoms with Crippen LogP contribution < -0.4 is 15.8 Å². The zero-order valence-electron chi connectivity index (χ0n) is 15.6. The second kappa shape index (κ2) is 7.15. The fraction of sp³-hybridized carbons (Fsp3) is 0.375. The monoisotopic (exact) mass is 442 g/mol. The first-order valence-electron chi connectivity index (χ1n) is 8.81. The fourth-order valence-electron chi connectivity index (χ4n) is 3.30. The lowest BCUT2D eigenvalue weighted by Gasteiger charge is -2.31. The number of benzene rings is 1. The molecule has 0 bridgehead atoms. The number of nitrogens with one attached hydrogen (secondary N) is 1. The highest BCUT2D eigenvalue weighted by molar-refractivity contribution is 7.49. The van der Waals surface area contributed by atoms with Crippen LogP contribution in [0.1, 0.15) is 5.56 Å². The van der Waals surface area contributed by atoms with Gasteiger partial charge in [0.1, 0.15) is 30.2 Å². The molecule has 4 rings (SSSR count). The highest BCUT2D eigenvalue weighted by atomic mass is 31.2. The number of alkyl halides is 1. The van der Waals surface area contributed by atoms with Crippen LogP contribution >= 0.6 is 7.82 Å². The highest BCUT2D eigenvalue weighted by Gasteiger charge is 2.63. The fourth-order valence-corrected chi connectivity index (χ4v) is 4.53. The average molecular weight is 442 g/mol. The molecule has 1 saturated heterocycles. The van der Waals surface area contributed by atoms with E-state index in [9.17, 15) is 24.4 Å². The number of aliphatic hydroxyl groups is 2. The molecule has 2 aliphatic rings. The van der Waals surface area contributed by atoms with E-state index < -0.39 is 49.4 Å². The van der Waals surface area contributed by atoms with Crippen LogP contribution in [-0.4, -0.2) is 52.3 Å². The molecule has 1 aromatic carbocycles. The third-order valence-corrected chi connectivity index (χ3v) is 6.26. The number of H-pyrrole nitrogens is 1. The maximum absolute atomic E-state index is 15.4. The van der Waals surface area contributed by atoms with Crippen molar-refractivity contribution in [3.63, 3.8) is 0 Å². The van der Waals surface area contributed by atoms with E-state index in [0.717, 1.165) is 24.7 Å². The quantitative estimate of drug-likeness (QED) is 0.398. The number of hydrogen-bond donors (Lipinski definition) is 3. The summed E-state index contributed by atoms with van der Waals surface area (Å²) in [7, 11) is -3.11. The van der Waals surface area contributed by atoms with Crippen LogP contribution in [0.25, 0.3) is 0 Å². The Bertz CT molecular complexity index is 1140.